The lowest BCUT2D eigenvalue weighted by molar-refractivity contribution is 0.590. The lowest BCUT2D eigenvalue weighted by Gasteiger charge is -2.16. The molecule has 0 amide bonds. The van der Waals surface area contributed by atoms with Crippen LogP contribution >= 0.6 is 0 Å². The third-order valence-electron chi connectivity index (χ3n) is 3.84. The van der Waals surface area contributed by atoms with Gasteiger partial charge in [0, 0.05) is 0 Å². The maximum atomic E-state index is 2.41. The number of hydrogen-bond acceptors (Lipinski definition) is 0. The highest BCUT2D eigenvalue weighted by Crippen LogP contribution is 2.23. The Kier molecular flexibility index (Phi) is 6.39. The minimum atomic E-state index is 0.913. The van der Waals surface area contributed by atoms with E-state index in [0.29, 0.717) is 0 Å². The van der Waals surface area contributed by atoms with Crippen LogP contribution < -0.4 is 0 Å². The molecule has 1 aliphatic heterocycles. The maximum Gasteiger partial charge on any atom is 0.142 e. The first-order valence-electron chi connectivity index (χ1n) is 6.80. The predicted octanol–water partition coefficient (Wildman–Crippen LogP) is 5.03. The fourth-order valence-electron chi connectivity index (χ4n) is 2.68. The van der Waals surface area contributed by atoms with E-state index in [2.05, 4.69) is 13.8 Å². The largest absolute Gasteiger partial charge is 0.142 e. The Morgan fingerprint density at radius 3 is 1.36 bits per heavy atom. The molecule has 0 unspecified atom stereocenters. The normalized spacial score (nSPS) is 22.1. The highest BCUT2D eigenvalue weighted by Gasteiger charge is 2.16. The van der Waals surface area contributed by atoms with E-state index in [4.69, 9.17) is 0 Å². The standard InChI is InChI=1S/C13H27B/c1-13(2)14-11-9-7-5-3-4-6-8-10-12-14/h13H,3-12H2,1-2H3. The highest BCUT2D eigenvalue weighted by atomic mass is 14.0. The molecule has 0 saturated carbocycles. The third kappa shape index (κ3) is 5.07. The van der Waals surface area contributed by atoms with Crippen LogP contribution in [0.15, 0.2) is 0 Å². The molecule has 1 aliphatic rings. The second kappa shape index (κ2) is 7.37. The van der Waals surface area contributed by atoms with E-state index in [9.17, 15) is 0 Å². The van der Waals surface area contributed by atoms with Crippen molar-refractivity contribution in [3.63, 3.8) is 0 Å². The van der Waals surface area contributed by atoms with Gasteiger partial charge in [-0.25, -0.2) is 0 Å². The minimum Gasteiger partial charge on any atom is -0.0739 e. The first-order chi connectivity index (χ1) is 6.80. The summed E-state index contributed by atoms with van der Waals surface area (Å²) in [6.45, 7) is 5.84. The summed E-state index contributed by atoms with van der Waals surface area (Å²) in [6.07, 6.45) is 14.9. The quantitative estimate of drug-likeness (QED) is 0.514. The monoisotopic (exact) mass is 194 g/mol. The summed E-state index contributed by atoms with van der Waals surface area (Å²) in [5.74, 6) is 0.913. The van der Waals surface area contributed by atoms with E-state index in [1.165, 1.54) is 64.0 Å². The van der Waals surface area contributed by atoms with E-state index in [1.54, 1.807) is 0 Å². The molecule has 1 saturated heterocycles. The molecule has 0 spiro atoms. The molecule has 1 heterocycles. The van der Waals surface area contributed by atoms with E-state index in [-0.39, 0.29) is 0 Å². The van der Waals surface area contributed by atoms with Gasteiger partial charge in [-0.2, -0.15) is 0 Å². The maximum absolute atomic E-state index is 2.41. The van der Waals surface area contributed by atoms with Gasteiger partial charge in [0.05, 0.1) is 0 Å². The molecule has 0 N–H and O–H groups in total. The van der Waals surface area contributed by atoms with Gasteiger partial charge in [0.25, 0.3) is 0 Å². The van der Waals surface area contributed by atoms with Gasteiger partial charge in [-0.3, -0.25) is 0 Å². The minimum absolute atomic E-state index is 0.913. The van der Waals surface area contributed by atoms with E-state index < -0.39 is 0 Å². The van der Waals surface area contributed by atoms with Crippen molar-refractivity contribution in [2.45, 2.75) is 83.7 Å². The lowest BCUT2D eigenvalue weighted by Crippen LogP contribution is -2.16. The Labute approximate surface area is 90.9 Å². The van der Waals surface area contributed by atoms with Gasteiger partial charge >= 0.3 is 0 Å². The van der Waals surface area contributed by atoms with Crippen molar-refractivity contribution in [3.8, 4) is 0 Å². The molecule has 82 valence electrons. The topological polar surface area (TPSA) is 0 Å². The Morgan fingerprint density at radius 1 is 0.643 bits per heavy atom. The zero-order valence-corrected chi connectivity index (χ0v) is 10.2. The molecule has 0 atom stereocenters. The molecule has 0 aromatic rings. The third-order valence-corrected chi connectivity index (χ3v) is 3.84. The molecular weight excluding hydrogens is 167 g/mol. The van der Waals surface area contributed by atoms with Gasteiger partial charge in [-0.05, 0) is 0 Å². The average molecular weight is 194 g/mol. The van der Waals surface area contributed by atoms with E-state index in [1.807, 2.05) is 0 Å². The Bertz CT molecular complexity index is 119. The molecule has 0 aromatic heterocycles. The summed E-state index contributed by atoms with van der Waals surface area (Å²) in [4.78, 5) is 0. The van der Waals surface area contributed by atoms with E-state index >= 15 is 0 Å². The molecule has 14 heavy (non-hydrogen) atoms. The molecule has 1 heteroatoms. The lowest BCUT2D eigenvalue weighted by atomic mass is 9.37. The first kappa shape index (κ1) is 12.1. The van der Waals surface area contributed by atoms with Crippen LogP contribution in [0, 0.1) is 0 Å². The average Bonchev–Trinajstić information content (AvgIpc) is 2.21. The van der Waals surface area contributed by atoms with Crippen LogP contribution in [-0.2, 0) is 0 Å². The summed E-state index contributed by atoms with van der Waals surface area (Å²) in [5, 5.41) is 0. The summed E-state index contributed by atoms with van der Waals surface area (Å²) in [6, 6.07) is 0. The molecule has 0 nitrogen and oxygen atoms in total. The zero-order valence-electron chi connectivity index (χ0n) is 10.2. The highest BCUT2D eigenvalue weighted by molar-refractivity contribution is 6.60. The second-order valence-corrected chi connectivity index (χ2v) is 5.41. The molecule has 0 aromatic carbocycles. The van der Waals surface area contributed by atoms with Gasteiger partial charge < -0.3 is 0 Å². The van der Waals surface area contributed by atoms with Crippen LogP contribution in [0.5, 0.6) is 0 Å². The predicted molar refractivity (Wildman–Crippen MR) is 67.4 cm³/mol. The van der Waals surface area contributed by atoms with Crippen LogP contribution in [0.25, 0.3) is 0 Å². The first-order valence-corrected chi connectivity index (χ1v) is 6.80. The Hall–Kier alpha value is 0.0649. The molecule has 0 radical (unpaired) electrons. The Morgan fingerprint density at radius 2 is 1.00 bits per heavy atom. The number of rotatable bonds is 1. The van der Waals surface area contributed by atoms with Crippen molar-refractivity contribution < 1.29 is 0 Å². The van der Waals surface area contributed by atoms with Gasteiger partial charge in [-0.1, -0.05) is 83.7 Å². The molecule has 1 fully saturated rings. The van der Waals surface area contributed by atoms with Crippen molar-refractivity contribution in [3.05, 3.63) is 0 Å². The molecule has 1 rings (SSSR count). The van der Waals surface area contributed by atoms with Crippen LogP contribution in [0.3, 0.4) is 0 Å². The van der Waals surface area contributed by atoms with Crippen LogP contribution in [0.1, 0.15) is 65.2 Å². The summed E-state index contributed by atoms with van der Waals surface area (Å²) < 4.78 is 0. The van der Waals surface area contributed by atoms with Crippen LogP contribution in [0.2, 0.25) is 18.5 Å². The van der Waals surface area contributed by atoms with Crippen LogP contribution in [0.4, 0.5) is 0 Å². The SMILES string of the molecule is CC(C)B1CCCCCCCCCC1. The van der Waals surface area contributed by atoms with Crippen molar-refractivity contribution in [1.29, 1.82) is 0 Å². The molecular formula is C13H27B. The molecule has 0 bridgehead atoms. The van der Waals surface area contributed by atoms with E-state index in [0.717, 1.165) is 12.5 Å². The van der Waals surface area contributed by atoms with Crippen molar-refractivity contribution >= 4 is 6.71 Å². The van der Waals surface area contributed by atoms with Crippen molar-refractivity contribution in [2.75, 3.05) is 0 Å². The van der Waals surface area contributed by atoms with Crippen LogP contribution in [-0.4, -0.2) is 6.71 Å². The van der Waals surface area contributed by atoms with Crippen molar-refractivity contribution in [1.82, 2.24) is 0 Å². The number of hydrogen-bond donors (Lipinski definition) is 0. The Balaban J connectivity index is 2.27. The molecule has 0 aliphatic carbocycles. The van der Waals surface area contributed by atoms with Gasteiger partial charge in [0.1, 0.15) is 6.71 Å². The van der Waals surface area contributed by atoms with Gasteiger partial charge in [-0.15, -0.1) is 0 Å². The fourth-order valence-corrected chi connectivity index (χ4v) is 2.68. The zero-order chi connectivity index (χ0) is 10.2. The summed E-state index contributed by atoms with van der Waals surface area (Å²) in [5.41, 5.74) is 0. The smallest absolute Gasteiger partial charge is 0.0739 e. The van der Waals surface area contributed by atoms with Crippen molar-refractivity contribution in [2.24, 2.45) is 0 Å². The van der Waals surface area contributed by atoms with Gasteiger partial charge in [0.2, 0.25) is 0 Å². The van der Waals surface area contributed by atoms with Gasteiger partial charge in [0.15, 0.2) is 0 Å². The summed E-state index contributed by atoms with van der Waals surface area (Å²) >= 11 is 0. The fraction of sp³-hybridized carbons (Fsp3) is 1.00. The second-order valence-electron chi connectivity index (χ2n) is 5.41. The summed E-state index contributed by atoms with van der Waals surface area (Å²) in [7, 11) is 0.